The quantitative estimate of drug-likeness (QED) is 0.761. The molecule has 4 nitrogen and oxygen atoms in total. The smallest absolute Gasteiger partial charge is 0.253 e. The summed E-state index contributed by atoms with van der Waals surface area (Å²) in [7, 11) is 1.81. The number of ether oxygens (including phenoxy) is 1. The number of amides is 1. The van der Waals surface area contributed by atoms with Gasteiger partial charge in [-0.25, -0.2) is 0 Å². The molecule has 0 radical (unpaired) electrons. The molecule has 0 heterocycles. The summed E-state index contributed by atoms with van der Waals surface area (Å²) >= 11 is 0. The van der Waals surface area contributed by atoms with Crippen molar-refractivity contribution < 1.29 is 9.53 Å². The lowest BCUT2D eigenvalue weighted by Crippen LogP contribution is -2.28. The van der Waals surface area contributed by atoms with Crippen molar-refractivity contribution in [3.8, 4) is 0 Å². The van der Waals surface area contributed by atoms with E-state index in [1.54, 1.807) is 0 Å². The Kier molecular flexibility index (Phi) is 5.65. The molecule has 0 spiro atoms. The summed E-state index contributed by atoms with van der Waals surface area (Å²) in [4.78, 5) is 12.0. The number of carbonyl (C=O) groups excluding carboxylic acids is 1. The van der Waals surface area contributed by atoms with Crippen LogP contribution in [0.3, 0.4) is 0 Å². The molecule has 0 aliphatic carbocycles. The summed E-state index contributed by atoms with van der Waals surface area (Å²) in [5.74, 6) is -0.0737. The van der Waals surface area contributed by atoms with Gasteiger partial charge in [0, 0.05) is 19.3 Å². The highest BCUT2D eigenvalue weighted by atomic mass is 16.5. The van der Waals surface area contributed by atoms with E-state index < -0.39 is 0 Å². The van der Waals surface area contributed by atoms with Crippen LogP contribution in [0, 0.1) is 6.92 Å². The molecule has 0 fully saturated rings. The van der Waals surface area contributed by atoms with E-state index in [-0.39, 0.29) is 12.0 Å². The summed E-state index contributed by atoms with van der Waals surface area (Å²) in [5, 5.41) is 5.87. The van der Waals surface area contributed by atoms with Crippen molar-refractivity contribution in [3.05, 3.63) is 29.3 Å². The number of benzene rings is 1. The molecule has 0 aliphatic rings. The lowest BCUT2D eigenvalue weighted by atomic mass is 10.1. The van der Waals surface area contributed by atoms with Crippen molar-refractivity contribution in [2.75, 3.05) is 25.5 Å². The van der Waals surface area contributed by atoms with Gasteiger partial charge in [-0.15, -0.1) is 0 Å². The summed E-state index contributed by atoms with van der Waals surface area (Å²) < 4.78 is 5.38. The zero-order valence-electron chi connectivity index (χ0n) is 11.5. The fraction of sp³-hybridized carbons (Fsp3) is 0.500. The Morgan fingerprint density at radius 1 is 1.39 bits per heavy atom. The average molecular weight is 250 g/mol. The Balaban J connectivity index is 2.58. The first kappa shape index (κ1) is 14.5. The van der Waals surface area contributed by atoms with Crippen LogP contribution in [0.25, 0.3) is 0 Å². The summed E-state index contributed by atoms with van der Waals surface area (Å²) in [6, 6.07) is 5.77. The lowest BCUT2D eigenvalue weighted by molar-refractivity contribution is 0.0747. The number of rotatable bonds is 6. The number of carbonyl (C=O) groups is 1. The van der Waals surface area contributed by atoms with Gasteiger partial charge in [0.1, 0.15) is 0 Å². The molecule has 0 unspecified atom stereocenters. The van der Waals surface area contributed by atoms with Crippen molar-refractivity contribution in [1.82, 2.24) is 5.32 Å². The van der Waals surface area contributed by atoms with Gasteiger partial charge >= 0.3 is 0 Å². The maximum absolute atomic E-state index is 12.0. The molecule has 2 N–H and O–H groups in total. The number of anilines is 1. The second-order valence-corrected chi connectivity index (χ2v) is 4.47. The maximum atomic E-state index is 12.0. The van der Waals surface area contributed by atoms with Gasteiger partial charge in [-0.1, -0.05) is 11.6 Å². The molecule has 100 valence electrons. The largest absolute Gasteiger partial charge is 0.387 e. The standard InChI is InChI=1S/C14H22N2O2/c1-10(2)18-8-7-16-14(17)12-9-11(3)5-6-13(12)15-4/h5-6,9-10,15H,7-8H2,1-4H3,(H,16,17). The third-order valence-corrected chi connectivity index (χ3v) is 2.53. The molecule has 0 aliphatic heterocycles. The van der Waals surface area contributed by atoms with E-state index in [1.807, 2.05) is 46.0 Å². The zero-order chi connectivity index (χ0) is 13.5. The lowest BCUT2D eigenvalue weighted by Gasteiger charge is -2.12. The number of aryl methyl sites for hydroxylation is 1. The molecule has 18 heavy (non-hydrogen) atoms. The summed E-state index contributed by atoms with van der Waals surface area (Å²) in [5.41, 5.74) is 2.57. The molecular formula is C14H22N2O2. The number of hydrogen-bond donors (Lipinski definition) is 2. The highest BCUT2D eigenvalue weighted by molar-refractivity contribution is 5.99. The second kappa shape index (κ2) is 7.01. The first-order valence-corrected chi connectivity index (χ1v) is 6.22. The first-order valence-electron chi connectivity index (χ1n) is 6.22. The third-order valence-electron chi connectivity index (χ3n) is 2.53. The minimum absolute atomic E-state index is 0.0737. The zero-order valence-corrected chi connectivity index (χ0v) is 11.5. The van der Waals surface area contributed by atoms with Crippen LogP contribution in [0.15, 0.2) is 18.2 Å². The van der Waals surface area contributed by atoms with Crippen LogP contribution in [0.2, 0.25) is 0 Å². The Hall–Kier alpha value is -1.55. The Labute approximate surface area is 109 Å². The van der Waals surface area contributed by atoms with Gasteiger partial charge in [0.15, 0.2) is 0 Å². The molecule has 0 atom stereocenters. The van der Waals surface area contributed by atoms with E-state index >= 15 is 0 Å². The first-order chi connectivity index (χ1) is 8.54. The third kappa shape index (κ3) is 4.37. The normalized spacial score (nSPS) is 10.5. The number of nitrogens with one attached hydrogen (secondary N) is 2. The molecule has 1 aromatic rings. The fourth-order valence-corrected chi connectivity index (χ4v) is 1.62. The Bertz CT molecular complexity index is 403. The number of hydrogen-bond acceptors (Lipinski definition) is 3. The molecule has 1 aromatic carbocycles. The Morgan fingerprint density at radius 3 is 2.72 bits per heavy atom. The topological polar surface area (TPSA) is 50.4 Å². The van der Waals surface area contributed by atoms with Gasteiger partial charge in [0.2, 0.25) is 0 Å². The summed E-state index contributed by atoms with van der Waals surface area (Å²) in [6.07, 6.45) is 0.189. The molecule has 0 bridgehead atoms. The van der Waals surface area contributed by atoms with Crippen LogP contribution in [-0.4, -0.2) is 32.2 Å². The maximum Gasteiger partial charge on any atom is 0.253 e. The van der Waals surface area contributed by atoms with E-state index in [0.29, 0.717) is 18.7 Å². The summed E-state index contributed by atoms with van der Waals surface area (Å²) in [6.45, 7) is 6.97. The van der Waals surface area contributed by atoms with Crippen LogP contribution in [0.1, 0.15) is 29.8 Å². The van der Waals surface area contributed by atoms with E-state index in [0.717, 1.165) is 11.3 Å². The minimum Gasteiger partial charge on any atom is -0.387 e. The van der Waals surface area contributed by atoms with Gasteiger partial charge in [-0.05, 0) is 32.9 Å². The fourth-order valence-electron chi connectivity index (χ4n) is 1.62. The van der Waals surface area contributed by atoms with Crippen molar-refractivity contribution in [2.24, 2.45) is 0 Å². The van der Waals surface area contributed by atoms with E-state index in [9.17, 15) is 4.79 Å². The molecule has 4 heteroatoms. The molecule has 0 saturated carbocycles. The van der Waals surface area contributed by atoms with Crippen LogP contribution >= 0.6 is 0 Å². The van der Waals surface area contributed by atoms with Gasteiger partial charge in [0.05, 0.1) is 18.3 Å². The van der Waals surface area contributed by atoms with E-state index in [2.05, 4.69) is 10.6 Å². The van der Waals surface area contributed by atoms with Crippen molar-refractivity contribution in [1.29, 1.82) is 0 Å². The Morgan fingerprint density at radius 2 is 2.11 bits per heavy atom. The monoisotopic (exact) mass is 250 g/mol. The molecule has 1 amide bonds. The van der Waals surface area contributed by atoms with E-state index in [1.165, 1.54) is 0 Å². The van der Waals surface area contributed by atoms with Crippen molar-refractivity contribution in [2.45, 2.75) is 26.9 Å². The predicted molar refractivity (Wildman–Crippen MR) is 74.1 cm³/mol. The highest BCUT2D eigenvalue weighted by Crippen LogP contribution is 2.16. The van der Waals surface area contributed by atoms with Crippen molar-refractivity contribution in [3.63, 3.8) is 0 Å². The van der Waals surface area contributed by atoms with Crippen LogP contribution < -0.4 is 10.6 Å². The minimum atomic E-state index is -0.0737. The van der Waals surface area contributed by atoms with Gasteiger partial charge in [-0.3, -0.25) is 4.79 Å². The van der Waals surface area contributed by atoms with Crippen LogP contribution in [0.4, 0.5) is 5.69 Å². The van der Waals surface area contributed by atoms with Gasteiger partial charge in [0.25, 0.3) is 5.91 Å². The molecule has 1 rings (SSSR count). The van der Waals surface area contributed by atoms with Gasteiger partial charge in [-0.2, -0.15) is 0 Å². The van der Waals surface area contributed by atoms with Crippen LogP contribution in [-0.2, 0) is 4.74 Å². The van der Waals surface area contributed by atoms with E-state index in [4.69, 9.17) is 4.74 Å². The molecule has 0 saturated heterocycles. The van der Waals surface area contributed by atoms with Crippen LogP contribution in [0.5, 0.6) is 0 Å². The van der Waals surface area contributed by atoms with Crippen molar-refractivity contribution >= 4 is 11.6 Å². The second-order valence-electron chi connectivity index (χ2n) is 4.47. The molecular weight excluding hydrogens is 228 g/mol. The molecule has 0 aromatic heterocycles. The average Bonchev–Trinajstić information content (AvgIpc) is 2.34. The predicted octanol–water partition coefficient (Wildman–Crippen LogP) is 2.19. The highest BCUT2D eigenvalue weighted by Gasteiger charge is 2.10. The SMILES string of the molecule is CNc1ccc(C)cc1C(=O)NCCOC(C)C. The van der Waals surface area contributed by atoms with Gasteiger partial charge < -0.3 is 15.4 Å².